The van der Waals surface area contributed by atoms with E-state index in [1.54, 1.807) is 18.0 Å². The number of nitrogens with zero attached hydrogens (tertiary/aromatic N) is 3. The number of aromatic nitrogens is 2. The van der Waals surface area contributed by atoms with Crippen LogP contribution in [-0.4, -0.2) is 46.5 Å². The molecule has 19 heavy (non-hydrogen) atoms. The molecule has 2 rings (SSSR count). The summed E-state index contributed by atoms with van der Waals surface area (Å²) in [5.41, 5.74) is 0.812. The smallest absolute Gasteiger partial charge is 0.244 e. The summed E-state index contributed by atoms with van der Waals surface area (Å²) < 4.78 is 5.56. The predicted octanol–water partition coefficient (Wildman–Crippen LogP) is 1.21. The molecular formula is C13H20N4O2. The molecule has 0 spiro atoms. The summed E-state index contributed by atoms with van der Waals surface area (Å²) in [6.07, 6.45) is 0.828. The highest BCUT2D eigenvalue weighted by Crippen LogP contribution is 2.17. The number of rotatable bonds is 4. The number of likely N-dealkylation sites (N-methyl/N-ethyl adjacent to an activating group) is 1. The fourth-order valence-electron chi connectivity index (χ4n) is 2.02. The lowest BCUT2D eigenvalue weighted by Gasteiger charge is -2.14. The molecule has 6 nitrogen and oxygen atoms in total. The Labute approximate surface area is 113 Å². The number of hydrogen-bond acceptors (Lipinski definition) is 5. The van der Waals surface area contributed by atoms with Crippen LogP contribution < -0.4 is 10.1 Å². The molecule has 0 radical (unpaired) electrons. The maximum Gasteiger partial charge on any atom is 0.244 e. The van der Waals surface area contributed by atoms with Crippen LogP contribution in [0.3, 0.4) is 0 Å². The molecule has 1 aromatic rings. The average Bonchev–Trinajstić information content (AvgIpc) is 2.59. The minimum absolute atomic E-state index is 0.0568. The maximum absolute atomic E-state index is 11.8. The SMILES string of the molecule is Cc1cc(OC(C)C)nc(NC2CCN(C)C2=O)n1. The van der Waals surface area contributed by atoms with E-state index in [1.165, 1.54) is 0 Å². The second-order valence-corrected chi connectivity index (χ2v) is 5.08. The standard InChI is InChI=1S/C13H20N4O2/c1-8(2)19-11-7-9(3)14-13(16-11)15-10-5-6-17(4)12(10)18/h7-8,10H,5-6H2,1-4H3,(H,14,15,16). The van der Waals surface area contributed by atoms with Crippen LogP contribution in [0.5, 0.6) is 5.88 Å². The number of carbonyl (C=O) groups excluding carboxylic acids is 1. The third-order valence-corrected chi connectivity index (χ3v) is 2.92. The first kappa shape index (κ1) is 13.6. The van der Waals surface area contributed by atoms with E-state index in [4.69, 9.17) is 4.74 Å². The van der Waals surface area contributed by atoms with Gasteiger partial charge in [-0.05, 0) is 27.2 Å². The fourth-order valence-corrected chi connectivity index (χ4v) is 2.02. The Morgan fingerprint density at radius 3 is 2.79 bits per heavy atom. The van der Waals surface area contributed by atoms with E-state index in [-0.39, 0.29) is 18.1 Å². The van der Waals surface area contributed by atoms with Crippen molar-refractivity contribution in [3.05, 3.63) is 11.8 Å². The highest BCUT2D eigenvalue weighted by molar-refractivity contribution is 5.86. The first-order chi connectivity index (χ1) is 8.95. The number of likely N-dealkylation sites (tertiary alicyclic amines) is 1. The molecule has 1 aromatic heterocycles. The molecule has 2 heterocycles. The van der Waals surface area contributed by atoms with Crippen LogP contribution in [0.15, 0.2) is 6.07 Å². The van der Waals surface area contributed by atoms with Crippen molar-refractivity contribution in [2.75, 3.05) is 18.9 Å². The van der Waals surface area contributed by atoms with Gasteiger partial charge in [-0.25, -0.2) is 4.98 Å². The third-order valence-electron chi connectivity index (χ3n) is 2.92. The largest absolute Gasteiger partial charge is 0.475 e. The molecule has 1 fully saturated rings. The quantitative estimate of drug-likeness (QED) is 0.885. The minimum atomic E-state index is -0.237. The molecule has 1 atom stereocenters. The molecule has 1 aliphatic rings. The second kappa shape index (κ2) is 5.42. The second-order valence-electron chi connectivity index (χ2n) is 5.08. The number of aryl methyl sites for hydroxylation is 1. The van der Waals surface area contributed by atoms with E-state index < -0.39 is 0 Å². The van der Waals surface area contributed by atoms with Gasteiger partial charge in [-0.1, -0.05) is 0 Å². The van der Waals surface area contributed by atoms with Gasteiger partial charge in [-0.3, -0.25) is 4.79 Å². The Kier molecular flexibility index (Phi) is 3.87. The molecule has 0 saturated carbocycles. The molecule has 104 valence electrons. The number of ether oxygens (including phenoxy) is 1. The zero-order chi connectivity index (χ0) is 14.0. The zero-order valence-corrected chi connectivity index (χ0v) is 11.8. The maximum atomic E-state index is 11.8. The van der Waals surface area contributed by atoms with Gasteiger partial charge in [0, 0.05) is 25.4 Å². The van der Waals surface area contributed by atoms with Gasteiger partial charge in [0.1, 0.15) is 6.04 Å². The number of amides is 1. The zero-order valence-electron chi connectivity index (χ0n) is 11.8. The Morgan fingerprint density at radius 2 is 2.21 bits per heavy atom. The van der Waals surface area contributed by atoms with Crippen molar-refractivity contribution < 1.29 is 9.53 Å². The third kappa shape index (κ3) is 3.33. The molecule has 1 saturated heterocycles. The topological polar surface area (TPSA) is 67.3 Å². The fraction of sp³-hybridized carbons (Fsp3) is 0.615. The highest BCUT2D eigenvalue weighted by Gasteiger charge is 2.29. The molecule has 0 aliphatic carbocycles. The van der Waals surface area contributed by atoms with Crippen molar-refractivity contribution in [1.29, 1.82) is 0 Å². The molecular weight excluding hydrogens is 244 g/mol. The summed E-state index contributed by atoms with van der Waals surface area (Å²) in [4.78, 5) is 22.1. The van der Waals surface area contributed by atoms with E-state index in [0.717, 1.165) is 18.7 Å². The van der Waals surface area contributed by atoms with E-state index in [0.29, 0.717) is 11.8 Å². The Morgan fingerprint density at radius 1 is 1.47 bits per heavy atom. The van der Waals surface area contributed by atoms with Crippen LogP contribution in [0, 0.1) is 6.92 Å². The molecule has 1 amide bonds. The summed E-state index contributed by atoms with van der Waals surface area (Å²) in [5.74, 6) is 1.06. The van der Waals surface area contributed by atoms with Gasteiger partial charge < -0.3 is 15.0 Å². The molecule has 0 aromatic carbocycles. The Balaban J connectivity index is 2.12. The van der Waals surface area contributed by atoms with Crippen LogP contribution in [-0.2, 0) is 4.79 Å². The summed E-state index contributed by atoms with van der Waals surface area (Å²) in [6, 6.07) is 1.55. The Hall–Kier alpha value is -1.85. The van der Waals surface area contributed by atoms with Crippen LogP contribution in [0.1, 0.15) is 26.0 Å². The van der Waals surface area contributed by atoms with Gasteiger partial charge >= 0.3 is 0 Å². The monoisotopic (exact) mass is 264 g/mol. The van der Waals surface area contributed by atoms with E-state index in [1.807, 2.05) is 20.8 Å². The van der Waals surface area contributed by atoms with Crippen molar-refractivity contribution in [1.82, 2.24) is 14.9 Å². The van der Waals surface area contributed by atoms with Gasteiger partial charge in [0.15, 0.2) is 0 Å². The highest BCUT2D eigenvalue weighted by atomic mass is 16.5. The number of hydrogen-bond donors (Lipinski definition) is 1. The summed E-state index contributed by atoms with van der Waals surface area (Å²) in [7, 11) is 1.80. The van der Waals surface area contributed by atoms with E-state index in [2.05, 4.69) is 15.3 Å². The summed E-state index contributed by atoms with van der Waals surface area (Å²) >= 11 is 0. The summed E-state index contributed by atoms with van der Waals surface area (Å²) in [6.45, 7) is 6.53. The lowest BCUT2D eigenvalue weighted by molar-refractivity contribution is -0.127. The van der Waals surface area contributed by atoms with Gasteiger partial charge in [-0.15, -0.1) is 0 Å². The van der Waals surface area contributed by atoms with E-state index in [9.17, 15) is 4.79 Å². The predicted molar refractivity (Wildman–Crippen MR) is 72.2 cm³/mol. The van der Waals surface area contributed by atoms with Gasteiger partial charge in [0.05, 0.1) is 6.10 Å². The lowest BCUT2D eigenvalue weighted by Crippen LogP contribution is -2.31. The summed E-state index contributed by atoms with van der Waals surface area (Å²) in [5, 5.41) is 3.08. The normalized spacial score (nSPS) is 19.1. The lowest BCUT2D eigenvalue weighted by atomic mass is 10.2. The number of nitrogens with one attached hydrogen (secondary N) is 1. The average molecular weight is 264 g/mol. The molecule has 0 bridgehead atoms. The van der Waals surface area contributed by atoms with Crippen LogP contribution in [0.4, 0.5) is 5.95 Å². The number of carbonyl (C=O) groups is 1. The van der Waals surface area contributed by atoms with Crippen LogP contribution >= 0.6 is 0 Å². The molecule has 6 heteroatoms. The van der Waals surface area contributed by atoms with Crippen molar-refractivity contribution >= 4 is 11.9 Å². The molecule has 1 N–H and O–H groups in total. The van der Waals surface area contributed by atoms with Crippen molar-refractivity contribution in [2.45, 2.75) is 39.3 Å². The first-order valence-electron chi connectivity index (χ1n) is 6.49. The van der Waals surface area contributed by atoms with Crippen molar-refractivity contribution in [3.63, 3.8) is 0 Å². The van der Waals surface area contributed by atoms with Gasteiger partial charge in [0.2, 0.25) is 17.7 Å². The first-order valence-corrected chi connectivity index (χ1v) is 6.49. The van der Waals surface area contributed by atoms with Gasteiger partial charge in [-0.2, -0.15) is 4.98 Å². The number of anilines is 1. The Bertz CT molecular complexity index is 476. The molecule has 1 aliphatic heterocycles. The minimum Gasteiger partial charge on any atom is -0.475 e. The van der Waals surface area contributed by atoms with Gasteiger partial charge in [0.25, 0.3) is 0 Å². The van der Waals surface area contributed by atoms with Crippen molar-refractivity contribution in [3.8, 4) is 5.88 Å². The van der Waals surface area contributed by atoms with Crippen LogP contribution in [0.25, 0.3) is 0 Å². The molecule has 1 unspecified atom stereocenters. The van der Waals surface area contributed by atoms with E-state index >= 15 is 0 Å². The van der Waals surface area contributed by atoms with Crippen LogP contribution in [0.2, 0.25) is 0 Å². The van der Waals surface area contributed by atoms with Crippen molar-refractivity contribution in [2.24, 2.45) is 0 Å².